The van der Waals surface area contributed by atoms with Crippen LogP contribution < -0.4 is 5.49 Å². The van der Waals surface area contributed by atoms with Crippen molar-refractivity contribution in [1.29, 1.82) is 5.41 Å². The first-order chi connectivity index (χ1) is 12.2. The third-order valence-electron chi connectivity index (χ3n) is 3.74. The average Bonchev–Trinajstić information content (AvgIpc) is 3.09. The van der Waals surface area contributed by atoms with Crippen LogP contribution in [0.25, 0.3) is 22.4 Å². The van der Waals surface area contributed by atoms with Crippen molar-refractivity contribution in [3.05, 3.63) is 82.5 Å². The predicted molar refractivity (Wildman–Crippen MR) is 100 cm³/mol. The van der Waals surface area contributed by atoms with E-state index in [1.807, 2.05) is 60.7 Å². The monoisotopic (exact) mass is 392 g/mol. The zero-order valence-corrected chi connectivity index (χ0v) is 14.6. The van der Waals surface area contributed by atoms with Crippen molar-refractivity contribution in [1.82, 2.24) is 9.66 Å². The molecular weight excluding hydrogens is 380 g/mol. The first kappa shape index (κ1) is 15.5. The van der Waals surface area contributed by atoms with Gasteiger partial charge in [0.1, 0.15) is 12.1 Å². The minimum Gasteiger partial charge on any atom is -0.438 e. The summed E-state index contributed by atoms with van der Waals surface area (Å²) in [6, 6.07) is 19.3. The molecule has 0 aliphatic heterocycles. The summed E-state index contributed by atoms with van der Waals surface area (Å²) in [5.74, 6) is 0.686. The smallest absolute Gasteiger partial charge is 0.231 e. The molecule has 0 bridgehead atoms. The van der Waals surface area contributed by atoms with Gasteiger partial charge in [-0.2, -0.15) is 5.10 Å². The first-order valence-electron chi connectivity index (χ1n) is 7.62. The summed E-state index contributed by atoms with van der Waals surface area (Å²) in [7, 11) is 0. The molecule has 2 aromatic heterocycles. The van der Waals surface area contributed by atoms with E-state index in [9.17, 15) is 0 Å². The molecule has 0 aliphatic carbocycles. The van der Waals surface area contributed by atoms with Crippen molar-refractivity contribution in [2.75, 3.05) is 0 Å². The standard InChI is InChI=1S/C19H13BrN4O/c20-15-8-6-13(7-9-15)11-23-24-12-22-19-16(18(24)21)10-17(25-19)14-4-2-1-3-5-14/h1-12,21H/b21-18?,23-11+. The fourth-order valence-corrected chi connectivity index (χ4v) is 2.71. The van der Waals surface area contributed by atoms with Crippen LogP contribution in [0.15, 0.2) is 81.0 Å². The minimum absolute atomic E-state index is 0.226. The largest absolute Gasteiger partial charge is 0.438 e. The van der Waals surface area contributed by atoms with Gasteiger partial charge in [0.05, 0.1) is 11.6 Å². The number of nitrogens with one attached hydrogen (secondary N) is 1. The number of aromatic nitrogens is 2. The van der Waals surface area contributed by atoms with Gasteiger partial charge in [-0.15, -0.1) is 0 Å². The number of hydrogen-bond acceptors (Lipinski definition) is 4. The lowest BCUT2D eigenvalue weighted by Crippen LogP contribution is -2.16. The zero-order valence-electron chi connectivity index (χ0n) is 13.1. The molecule has 4 rings (SSSR count). The molecule has 2 aromatic carbocycles. The van der Waals surface area contributed by atoms with Gasteiger partial charge in [-0.3, -0.25) is 5.41 Å². The van der Waals surface area contributed by atoms with Crippen LogP contribution in [0, 0.1) is 5.41 Å². The van der Waals surface area contributed by atoms with Crippen molar-refractivity contribution >= 4 is 33.2 Å². The number of furan rings is 1. The van der Waals surface area contributed by atoms with Crippen molar-refractivity contribution in [3.63, 3.8) is 0 Å². The van der Waals surface area contributed by atoms with Crippen molar-refractivity contribution in [2.24, 2.45) is 5.10 Å². The van der Waals surface area contributed by atoms with E-state index in [4.69, 9.17) is 9.83 Å². The Kier molecular flexibility index (Phi) is 4.03. The molecular formula is C19H13BrN4O. The molecule has 5 nitrogen and oxygen atoms in total. The second kappa shape index (κ2) is 6.49. The second-order valence-corrected chi connectivity index (χ2v) is 6.35. The number of benzene rings is 2. The molecule has 25 heavy (non-hydrogen) atoms. The van der Waals surface area contributed by atoms with Crippen LogP contribution in [-0.4, -0.2) is 15.9 Å². The summed E-state index contributed by atoms with van der Waals surface area (Å²) < 4.78 is 8.20. The summed E-state index contributed by atoms with van der Waals surface area (Å²) in [5, 5.41) is 13.3. The van der Waals surface area contributed by atoms with E-state index in [0.717, 1.165) is 15.6 Å². The van der Waals surface area contributed by atoms with Gasteiger partial charge >= 0.3 is 0 Å². The highest BCUT2D eigenvalue weighted by Gasteiger charge is 2.09. The molecule has 0 saturated heterocycles. The topological polar surface area (TPSA) is 67.2 Å². The van der Waals surface area contributed by atoms with Gasteiger partial charge in [-0.25, -0.2) is 9.66 Å². The van der Waals surface area contributed by atoms with Gasteiger partial charge in [0, 0.05) is 10.0 Å². The summed E-state index contributed by atoms with van der Waals surface area (Å²) in [6.45, 7) is 0. The highest BCUT2D eigenvalue weighted by molar-refractivity contribution is 9.10. The molecule has 1 N–H and O–H groups in total. The molecule has 0 unspecified atom stereocenters. The molecule has 6 heteroatoms. The Morgan fingerprint density at radius 3 is 2.60 bits per heavy atom. The van der Waals surface area contributed by atoms with E-state index < -0.39 is 0 Å². The third kappa shape index (κ3) is 3.16. The van der Waals surface area contributed by atoms with E-state index in [1.165, 1.54) is 11.0 Å². The second-order valence-electron chi connectivity index (χ2n) is 5.43. The SMILES string of the molecule is N=c1c2cc(-c3ccccc3)oc2ncn1/N=C/c1ccc(Br)cc1. The summed E-state index contributed by atoms with van der Waals surface area (Å²) in [6.07, 6.45) is 3.18. The van der Waals surface area contributed by atoms with Gasteiger partial charge in [-0.05, 0) is 23.8 Å². The molecule has 4 aromatic rings. The molecule has 0 spiro atoms. The number of hydrogen-bond donors (Lipinski definition) is 1. The van der Waals surface area contributed by atoms with Gasteiger partial charge < -0.3 is 4.42 Å². The van der Waals surface area contributed by atoms with Crippen molar-refractivity contribution in [3.8, 4) is 11.3 Å². The van der Waals surface area contributed by atoms with Crippen LogP contribution in [0.4, 0.5) is 0 Å². The van der Waals surface area contributed by atoms with E-state index in [-0.39, 0.29) is 5.49 Å². The van der Waals surface area contributed by atoms with Gasteiger partial charge in [0.15, 0.2) is 5.49 Å². The van der Waals surface area contributed by atoms with Crippen LogP contribution in [0.5, 0.6) is 0 Å². The number of rotatable bonds is 3. The molecule has 0 amide bonds. The zero-order chi connectivity index (χ0) is 17.2. The molecule has 122 valence electrons. The fraction of sp³-hybridized carbons (Fsp3) is 0. The Hall–Kier alpha value is -2.99. The molecule has 2 heterocycles. The highest BCUT2D eigenvalue weighted by Crippen LogP contribution is 2.24. The van der Waals surface area contributed by atoms with Gasteiger partial charge in [0.25, 0.3) is 0 Å². The number of fused-ring (bicyclic) bond motifs is 1. The molecule has 0 aliphatic rings. The molecule has 0 atom stereocenters. The number of halogens is 1. The average molecular weight is 393 g/mol. The Balaban J connectivity index is 1.73. The van der Waals surface area contributed by atoms with Crippen LogP contribution in [0.2, 0.25) is 0 Å². The van der Waals surface area contributed by atoms with Crippen LogP contribution in [-0.2, 0) is 0 Å². The fourth-order valence-electron chi connectivity index (χ4n) is 2.45. The quantitative estimate of drug-likeness (QED) is 0.524. The van der Waals surface area contributed by atoms with E-state index in [2.05, 4.69) is 26.0 Å². The Morgan fingerprint density at radius 2 is 1.84 bits per heavy atom. The summed E-state index contributed by atoms with van der Waals surface area (Å²) >= 11 is 3.40. The summed E-state index contributed by atoms with van der Waals surface area (Å²) in [5.41, 5.74) is 2.54. The van der Waals surface area contributed by atoms with Crippen molar-refractivity contribution in [2.45, 2.75) is 0 Å². The van der Waals surface area contributed by atoms with Crippen molar-refractivity contribution < 1.29 is 4.42 Å². The van der Waals surface area contributed by atoms with Gasteiger partial charge in [0.2, 0.25) is 5.71 Å². The first-order valence-corrected chi connectivity index (χ1v) is 8.41. The lowest BCUT2D eigenvalue weighted by molar-refractivity contribution is 0.612. The van der Waals surface area contributed by atoms with Crippen LogP contribution in [0.1, 0.15) is 5.56 Å². The lowest BCUT2D eigenvalue weighted by atomic mass is 10.2. The minimum atomic E-state index is 0.226. The Morgan fingerprint density at radius 1 is 1.08 bits per heavy atom. The molecule has 0 saturated carbocycles. The highest BCUT2D eigenvalue weighted by atomic mass is 79.9. The van der Waals surface area contributed by atoms with Crippen LogP contribution in [0.3, 0.4) is 0 Å². The molecule has 0 fully saturated rings. The summed E-state index contributed by atoms with van der Waals surface area (Å²) in [4.78, 5) is 4.27. The number of nitrogens with zero attached hydrogens (tertiary/aromatic N) is 3. The van der Waals surface area contributed by atoms with Crippen LogP contribution >= 0.6 is 15.9 Å². The van der Waals surface area contributed by atoms with E-state index >= 15 is 0 Å². The maximum Gasteiger partial charge on any atom is 0.231 e. The van der Waals surface area contributed by atoms with E-state index in [0.29, 0.717) is 16.9 Å². The lowest BCUT2D eigenvalue weighted by Gasteiger charge is -1.98. The maximum atomic E-state index is 8.36. The predicted octanol–water partition coefficient (Wildman–Crippen LogP) is 4.42. The van der Waals surface area contributed by atoms with E-state index in [1.54, 1.807) is 6.21 Å². The third-order valence-corrected chi connectivity index (χ3v) is 4.27. The molecule has 0 radical (unpaired) electrons. The van der Waals surface area contributed by atoms with Gasteiger partial charge in [-0.1, -0.05) is 58.4 Å². The normalized spacial score (nSPS) is 11.4. The Bertz CT molecular complexity index is 1110. The Labute approximate surface area is 151 Å². The maximum absolute atomic E-state index is 8.36.